The van der Waals surface area contributed by atoms with Crippen molar-refractivity contribution in [3.05, 3.63) is 5.82 Å². The lowest BCUT2D eigenvalue weighted by atomic mass is 9.78. The van der Waals surface area contributed by atoms with Crippen molar-refractivity contribution in [1.29, 1.82) is 0 Å². The van der Waals surface area contributed by atoms with Gasteiger partial charge in [0.1, 0.15) is 0 Å². The SMILES string of the molecule is CCC1CCC(Br)C(Cc2nnn(C)n2)C1. The molecule has 16 heavy (non-hydrogen) atoms. The maximum atomic E-state index is 4.26. The number of hydrogen-bond acceptors (Lipinski definition) is 3. The monoisotopic (exact) mass is 286 g/mol. The summed E-state index contributed by atoms with van der Waals surface area (Å²) in [6, 6.07) is 0. The van der Waals surface area contributed by atoms with Gasteiger partial charge in [0, 0.05) is 11.2 Å². The zero-order valence-corrected chi connectivity index (χ0v) is 11.5. The van der Waals surface area contributed by atoms with Crippen LogP contribution in [-0.2, 0) is 13.5 Å². The van der Waals surface area contributed by atoms with E-state index in [0.717, 1.165) is 18.2 Å². The molecule has 1 aromatic rings. The van der Waals surface area contributed by atoms with E-state index in [4.69, 9.17) is 0 Å². The van der Waals surface area contributed by atoms with Crippen LogP contribution in [0, 0.1) is 11.8 Å². The Bertz CT molecular complexity index is 338. The lowest BCUT2D eigenvalue weighted by molar-refractivity contribution is 0.268. The Morgan fingerprint density at radius 1 is 1.44 bits per heavy atom. The summed E-state index contributed by atoms with van der Waals surface area (Å²) >= 11 is 3.79. The molecule has 0 aliphatic heterocycles. The largest absolute Gasteiger partial charge is 0.175 e. The van der Waals surface area contributed by atoms with Gasteiger partial charge >= 0.3 is 0 Å². The number of halogens is 1. The molecule has 0 aromatic carbocycles. The molecule has 0 bridgehead atoms. The van der Waals surface area contributed by atoms with E-state index in [2.05, 4.69) is 38.3 Å². The van der Waals surface area contributed by atoms with Crippen molar-refractivity contribution in [2.45, 2.75) is 43.9 Å². The molecule has 1 heterocycles. The van der Waals surface area contributed by atoms with Crippen LogP contribution in [-0.4, -0.2) is 25.0 Å². The molecule has 0 spiro atoms. The summed E-state index contributed by atoms with van der Waals surface area (Å²) in [5.74, 6) is 2.44. The first kappa shape index (κ1) is 12.0. The van der Waals surface area contributed by atoms with Crippen LogP contribution in [0.5, 0.6) is 0 Å². The smallest absolute Gasteiger partial charge is 0.167 e. The van der Waals surface area contributed by atoms with E-state index in [1.807, 2.05) is 7.05 Å². The normalized spacial score (nSPS) is 30.6. The van der Waals surface area contributed by atoms with Crippen LogP contribution in [0.1, 0.15) is 38.4 Å². The van der Waals surface area contributed by atoms with Gasteiger partial charge in [-0.05, 0) is 36.3 Å². The highest BCUT2D eigenvalue weighted by atomic mass is 79.9. The highest BCUT2D eigenvalue weighted by Gasteiger charge is 2.29. The Hall–Kier alpha value is -0.450. The number of aryl methyl sites for hydroxylation is 1. The summed E-state index contributed by atoms with van der Waals surface area (Å²) in [6.07, 6.45) is 6.19. The first-order valence-electron chi connectivity index (χ1n) is 6.06. The first-order valence-corrected chi connectivity index (χ1v) is 6.97. The molecule has 0 radical (unpaired) electrons. The van der Waals surface area contributed by atoms with Gasteiger partial charge in [-0.2, -0.15) is 4.80 Å². The third-order valence-electron chi connectivity index (χ3n) is 3.57. The average molecular weight is 287 g/mol. The number of hydrogen-bond donors (Lipinski definition) is 0. The van der Waals surface area contributed by atoms with Crippen molar-refractivity contribution in [2.75, 3.05) is 0 Å². The van der Waals surface area contributed by atoms with Gasteiger partial charge < -0.3 is 0 Å². The molecular formula is C11H19BrN4. The maximum absolute atomic E-state index is 4.26. The van der Waals surface area contributed by atoms with Crippen molar-refractivity contribution in [3.8, 4) is 0 Å². The lowest BCUT2D eigenvalue weighted by Crippen LogP contribution is -2.27. The molecule has 1 aliphatic rings. The minimum Gasteiger partial charge on any atom is -0.167 e. The van der Waals surface area contributed by atoms with Crippen molar-refractivity contribution >= 4 is 15.9 Å². The lowest BCUT2D eigenvalue weighted by Gasteiger charge is -2.32. The van der Waals surface area contributed by atoms with E-state index in [1.165, 1.54) is 25.7 Å². The zero-order chi connectivity index (χ0) is 11.5. The van der Waals surface area contributed by atoms with Crippen molar-refractivity contribution in [3.63, 3.8) is 0 Å². The van der Waals surface area contributed by atoms with Crippen LogP contribution in [0.4, 0.5) is 0 Å². The second-order valence-corrected chi connectivity index (χ2v) is 5.94. The van der Waals surface area contributed by atoms with E-state index in [9.17, 15) is 0 Å². The number of nitrogens with zero attached hydrogens (tertiary/aromatic N) is 4. The Morgan fingerprint density at radius 2 is 2.25 bits per heavy atom. The van der Waals surface area contributed by atoms with E-state index in [-0.39, 0.29) is 0 Å². The summed E-state index contributed by atoms with van der Waals surface area (Å²) < 4.78 is 0. The van der Waals surface area contributed by atoms with Crippen LogP contribution < -0.4 is 0 Å². The van der Waals surface area contributed by atoms with Crippen molar-refractivity contribution < 1.29 is 0 Å². The molecule has 0 amide bonds. The summed E-state index contributed by atoms with van der Waals surface area (Å²) in [6.45, 7) is 2.29. The van der Waals surface area contributed by atoms with Gasteiger partial charge in [-0.3, -0.25) is 0 Å². The van der Waals surface area contributed by atoms with Crippen molar-refractivity contribution in [1.82, 2.24) is 20.2 Å². The van der Waals surface area contributed by atoms with Gasteiger partial charge in [0.15, 0.2) is 5.82 Å². The van der Waals surface area contributed by atoms with Crippen molar-refractivity contribution in [2.24, 2.45) is 18.9 Å². The van der Waals surface area contributed by atoms with Crippen LogP contribution in [0.15, 0.2) is 0 Å². The van der Waals surface area contributed by atoms with Crippen LogP contribution in [0.2, 0.25) is 0 Å². The van der Waals surface area contributed by atoms with Crippen LogP contribution in [0.25, 0.3) is 0 Å². The van der Waals surface area contributed by atoms with Gasteiger partial charge in [-0.1, -0.05) is 29.3 Å². The average Bonchev–Trinajstić information content (AvgIpc) is 2.67. The fourth-order valence-corrected chi connectivity index (χ4v) is 3.21. The summed E-state index contributed by atoms with van der Waals surface area (Å²) in [4.78, 5) is 2.16. The van der Waals surface area contributed by atoms with Gasteiger partial charge in [-0.15, -0.1) is 10.2 Å². The minimum atomic E-state index is 0.624. The molecule has 1 aliphatic carbocycles. The molecule has 3 atom stereocenters. The molecule has 0 N–H and O–H groups in total. The summed E-state index contributed by atoms with van der Waals surface area (Å²) in [5.41, 5.74) is 0. The Morgan fingerprint density at radius 3 is 2.88 bits per heavy atom. The molecule has 1 saturated carbocycles. The van der Waals surface area contributed by atoms with E-state index >= 15 is 0 Å². The second kappa shape index (κ2) is 5.25. The topological polar surface area (TPSA) is 43.6 Å². The quantitative estimate of drug-likeness (QED) is 0.801. The summed E-state index contributed by atoms with van der Waals surface area (Å²) in [5, 5.41) is 12.2. The van der Waals surface area contributed by atoms with Gasteiger partial charge in [0.05, 0.1) is 7.05 Å². The van der Waals surface area contributed by atoms with E-state index in [0.29, 0.717) is 10.7 Å². The molecule has 2 rings (SSSR count). The second-order valence-electron chi connectivity index (χ2n) is 4.76. The number of rotatable bonds is 3. The first-order chi connectivity index (χ1) is 7.69. The van der Waals surface area contributed by atoms with Gasteiger partial charge in [-0.25, -0.2) is 0 Å². The van der Waals surface area contributed by atoms with E-state index in [1.54, 1.807) is 4.80 Å². The third kappa shape index (κ3) is 2.81. The molecule has 90 valence electrons. The number of alkyl halides is 1. The number of aromatic nitrogens is 4. The Balaban J connectivity index is 1.96. The molecule has 5 heteroatoms. The summed E-state index contributed by atoms with van der Waals surface area (Å²) in [7, 11) is 1.82. The fourth-order valence-electron chi connectivity index (χ4n) is 2.55. The predicted molar refractivity (Wildman–Crippen MR) is 66.3 cm³/mol. The molecular weight excluding hydrogens is 268 g/mol. The molecule has 1 aromatic heterocycles. The van der Waals surface area contributed by atoms with Gasteiger partial charge in [0.25, 0.3) is 0 Å². The predicted octanol–water partition coefficient (Wildman–Crippen LogP) is 2.34. The molecule has 0 saturated heterocycles. The van der Waals surface area contributed by atoms with Crippen LogP contribution >= 0.6 is 15.9 Å². The van der Waals surface area contributed by atoms with Gasteiger partial charge in [0.2, 0.25) is 0 Å². The maximum Gasteiger partial charge on any atom is 0.175 e. The Kier molecular flexibility index (Phi) is 3.95. The molecule has 3 unspecified atom stereocenters. The molecule has 4 nitrogen and oxygen atoms in total. The fraction of sp³-hybridized carbons (Fsp3) is 0.909. The zero-order valence-electron chi connectivity index (χ0n) is 9.93. The molecule has 1 fully saturated rings. The van der Waals surface area contributed by atoms with E-state index < -0.39 is 0 Å². The third-order valence-corrected chi connectivity index (χ3v) is 4.78. The Labute approximate surface area is 105 Å². The van der Waals surface area contributed by atoms with Crippen LogP contribution in [0.3, 0.4) is 0 Å². The highest BCUT2D eigenvalue weighted by molar-refractivity contribution is 9.09. The highest BCUT2D eigenvalue weighted by Crippen LogP contribution is 2.36. The standard InChI is InChI=1S/C11H19BrN4/c1-3-8-4-5-10(12)9(6-8)7-11-13-15-16(2)14-11/h8-10H,3-7H2,1-2H3. The minimum absolute atomic E-state index is 0.624. The number of tetrazole rings is 1.